The number of alkyl halides is 3. The molecule has 6 heteroatoms. The average molecular weight is 283 g/mol. The molecule has 0 aromatic heterocycles. The van der Waals surface area contributed by atoms with Crippen LogP contribution in [0.3, 0.4) is 0 Å². The molecule has 2 saturated heterocycles. The molecule has 2 fully saturated rings. The van der Waals surface area contributed by atoms with Crippen molar-refractivity contribution in [2.24, 2.45) is 5.92 Å². The molecule has 0 bridgehead atoms. The molecule has 0 radical (unpaired) electrons. The molecule has 3 nitrogen and oxygen atoms in total. The van der Waals surface area contributed by atoms with Crippen molar-refractivity contribution in [3.05, 3.63) is 41.5 Å². The van der Waals surface area contributed by atoms with Crippen LogP contribution in [0.2, 0.25) is 0 Å². The van der Waals surface area contributed by atoms with Crippen LogP contribution in [-0.2, 0) is 0 Å². The minimum absolute atomic E-state index is 0.275. The number of nitrogens with one attached hydrogen (secondary N) is 3. The first kappa shape index (κ1) is 13.6. The molecule has 0 spiro atoms. The van der Waals surface area contributed by atoms with Crippen LogP contribution in [0.4, 0.5) is 13.2 Å². The van der Waals surface area contributed by atoms with Crippen molar-refractivity contribution in [1.29, 1.82) is 0 Å². The van der Waals surface area contributed by atoms with Crippen molar-refractivity contribution >= 4 is 6.08 Å². The first-order chi connectivity index (χ1) is 9.55. The van der Waals surface area contributed by atoms with E-state index in [1.54, 1.807) is 0 Å². The highest BCUT2D eigenvalue weighted by Crippen LogP contribution is 2.34. The second kappa shape index (κ2) is 5.20. The molecule has 3 N–H and O–H groups in total. The molecule has 0 saturated carbocycles. The second-order valence-corrected chi connectivity index (χ2v) is 5.21. The Labute approximate surface area is 115 Å². The molecule has 1 aromatic rings. The van der Waals surface area contributed by atoms with E-state index in [2.05, 4.69) is 16.2 Å². The molecule has 20 heavy (non-hydrogen) atoms. The first-order valence-electron chi connectivity index (χ1n) is 6.60. The predicted molar refractivity (Wildman–Crippen MR) is 70.7 cm³/mol. The SMILES string of the molecule is FC(F)(F)C1NNC2/C(=C/c3ccccc3)CNCC21. The van der Waals surface area contributed by atoms with Gasteiger partial charge >= 0.3 is 6.18 Å². The van der Waals surface area contributed by atoms with Crippen LogP contribution >= 0.6 is 0 Å². The summed E-state index contributed by atoms with van der Waals surface area (Å²) in [7, 11) is 0. The first-order valence-corrected chi connectivity index (χ1v) is 6.60. The van der Waals surface area contributed by atoms with Crippen LogP contribution in [0.5, 0.6) is 0 Å². The number of hydrogen-bond acceptors (Lipinski definition) is 3. The summed E-state index contributed by atoms with van der Waals surface area (Å²) in [6.07, 6.45) is -2.28. The highest BCUT2D eigenvalue weighted by molar-refractivity contribution is 5.55. The Bertz CT molecular complexity index is 498. The fourth-order valence-corrected chi connectivity index (χ4v) is 2.91. The van der Waals surface area contributed by atoms with Gasteiger partial charge in [0.1, 0.15) is 6.04 Å². The highest BCUT2D eigenvalue weighted by atomic mass is 19.4. The molecular weight excluding hydrogens is 267 g/mol. The van der Waals surface area contributed by atoms with E-state index in [1.807, 2.05) is 36.4 Å². The number of hydrazine groups is 1. The summed E-state index contributed by atoms with van der Waals surface area (Å²) in [5.74, 6) is -0.515. The topological polar surface area (TPSA) is 36.1 Å². The van der Waals surface area contributed by atoms with Gasteiger partial charge < -0.3 is 5.32 Å². The summed E-state index contributed by atoms with van der Waals surface area (Å²) < 4.78 is 38.8. The van der Waals surface area contributed by atoms with Crippen molar-refractivity contribution < 1.29 is 13.2 Å². The van der Waals surface area contributed by atoms with Gasteiger partial charge in [-0.3, -0.25) is 0 Å². The largest absolute Gasteiger partial charge is 0.405 e. The molecule has 0 aliphatic carbocycles. The fraction of sp³-hybridized carbons (Fsp3) is 0.429. The Kier molecular flexibility index (Phi) is 3.54. The zero-order valence-corrected chi connectivity index (χ0v) is 10.7. The highest BCUT2D eigenvalue weighted by Gasteiger charge is 2.52. The summed E-state index contributed by atoms with van der Waals surface area (Å²) in [5, 5.41) is 3.08. The van der Waals surface area contributed by atoms with Gasteiger partial charge in [0.25, 0.3) is 0 Å². The van der Waals surface area contributed by atoms with E-state index in [0.29, 0.717) is 13.1 Å². The Hall–Kier alpha value is -1.37. The van der Waals surface area contributed by atoms with E-state index < -0.39 is 18.1 Å². The molecule has 3 atom stereocenters. The quantitative estimate of drug-likeness (QED) is 0.734. The van der Waals surface area contributed by atoms with Crippen LogP contribution in [0.15, 0.2) is 35.9 Å². The van der Waals surface area contributed by atoms with Crippen LogP contribution in [0.25, 0.3) is 6.08 Å². The van der Waals surface area contributed by atoms with Crippen LogP contribution < -0.4 is 16.2 Å². The van der Waals surface area contributed by atoms with Gasteiger partial charge in [-0.15, -0.1) is 0 Å². The van der Waals surface area contributed by atoms with E-state index in [-0.39, 0.29) is 6.04 Å². The zero-order valence-electron chi connectivity index (χ0n) is 10.7. The van der Waals surface area contributed by atoms with E-state index in [4.69, 9.17) is 0 Å². The molecule has 2 heterocycles. The van der Waals surface area contributed by atoms with Crippen molar-refractivity contribution in [2.45, 2.75) is 18.3 Å². The Balaban J connectivity index is 1.84. The van der Waals surface area contributed by atoms with Crippen LogP contribution in [0.1, 0.15) is 5.56 Å². The third kappa shape index (κ3) is 2.59. The van der Waals surface area contributed by atoms with Gasteiger partial charge in [-0.05, 0) is 11.1 Å². The number of rotatable bonds is 1. The molecule has 0 amide bonds. The van der Waals surface area contributed by atoms with Gasteiger partial charge in [0.15, 0.2) is 0 Å². The van der Waals surface area contributed by atoms with Crippen molar-refractivity contribution in [3.63, 3.8) is 0 Å². The maximum absolute atomic E-state index is 12.9. The summed E-state index contributed by atoms with van der Waals surface area (Å²) in [5.41, 5.74) is 7.16. The summed E-state index contributed by atoms with van der Waals surface area (Å²) in [4.78, 5) is 0. The van der Waals surface area contributed by atoms with E-state index in [0.717, 1.165) is 11.1 Å². The van der Waals surface area contributed by atoms with Gasteiger partial charge in [0.2, 0.25) is 0 Å². The Morgan fingerprint density at radius 2 is 1.85 bits per heavy atom. The minimum Gasteiger partial charge on any atom is -0.313 e. The molecule has 1 aromatic carbocycles. The van der Waals surface area contributed by atoms with Gasteiger partial charge in [0.05, 0.1) is 0 Å². The lowest BCUT2D eigenvalue weighted by Gasteiger charge is -2.31. The van der Waals surface area contributed by atoms with Crippen molar-refractivity contribution in [3.8, 4) is 0 Å². The van der Waals surface area contributed by atoms with E-state index in [1.165, 1.54) is 0 Å². The maximum Gasteiger partial charge on any atom is 0.405 e. The lowest BCUT2D eigenvalue weighted by atomic mass is 9.85. The third-order valence-corrected chi connectivity index (χ3v) is 3.86. The summed E-state index contributed by atoms with van der Waals surface area (Å²) in [6, 6.07) is 7.86. The number of fused-ring (bicyclic) bond motifs is 1. The zero-order chi connectivity index (χ0) is 14.2. The van der Waals surface area contributed by atoms with E-state index >= 15 is 0 Å². The molecule has 2 aliphatic rings. The van der Waals surface area contributed by atoms with Gasteiger partial charge in [-0.1, -0.05) is 36.4 Å². The predicted octanol–water partition coefficient (Wildman–Crippen LogP) is 1.70. The number of piperidine rings is 1. The minimum atomic E-state index is -4.23. The standard InChI is InChI=1S/C14H16F3N3/c15-14(16,17)13-11-8-18-7-10(12(11)19-20-13)6-9-4-2-1-3-5-9/h1-6,11-13,18-20H,7-8H2/b10-6+. The Morgan fingerprint density at radius 1 is 1.10 bits per heavy atom. The van der Waals surface area contributed by atoms with Crippen molar-refractivity contribution in [2.75, 3.05) is 13.1 Å². The molecular formula is C14H16F3N3. The Morgan fingerprint density at radius 3 is 2.55 bits per heavy atom. The number of benzene rings is 1. The number of halogens is 3. The number of hydrogen-bond donors (Lipinski definition) is 3. The second-order valence-electron chi connectivity index (χ2n) is 5.21. The maximum atomic E-state index is 12.9. The monoisotopic (exact) mass is 283 g/mol. The lowest BCUT2D eigenvalue weighted by Crippen LogP contribution is -2.49. The molecule has 3 rings (SSSR count). The summed E-state index contributed by atoms with van der Waals surface area (Å²) >= 11 is 0. The van der Waals surface area contributed by atoms with Crippen LogP contribution in [-0.4, -0.2) is 31.3 Å². The van der Waals surface area contributed by atoms with E-state index in [9.17, 15) is 13.2 Å². The molecule has 108 valence electrons. The van der Waals surface area contributed by atoms with Crippen LogP contribution in [0, 0.1) is 5.92 Å². The average Bonchev–Trinajstić information content (AvgIpc) is 2.85. The van der Waals surface area contributed by atoms with Crippen molar-refractivity contribution in [1.82, 2.24) is 16.2 Å². The van der Waals surface area contributed by atoms with Gasteiger partial charge in [0, 0.05) is 25.0 Å². The molecule has 2 aliphatic heterocycles. The van der Waals surface area contributed by atoms with Gasteiger partial charge in [-0.25, -0.2) is 10.9 Å². The fourth-order valence-electron chi connectivity index (χ4n) is 2.91. The normalized spacial score (nSPS) is 32.4. The van der Waals surface area contributed by atoms with Gasteiger partial charge in [-0.2, -0.15) is 13.2 Å². The molecule has 3 unspecified atom stereocenters. The smallest absolute Gasteiger partial charge is 0.313 e. The lowest BCUT2D eigenvalue weighted by molar-refractivity contribution is -0.161. The third-order valence-electron chi connectivity index (χ3n) is 3.86. The summed E-state index contributed by atoms with van der Waals surface area (Å²) in [6.45, 7) is 0.969.